The van der Waals surface area contributed by atoms with Crippen molar-refractivity contribution < 1.29 is 4.79 Å². The van der Waals surface area contributed by atoms with Crippen molar-refractivity contribution in [2.45, 2.75) is 19.4 Å². The van der Waals surface area contributed by atoms with Crippen LogP contribution < -0.4 is 10.7 Å². The van der Waals surface area contributed by atoms with E-state index in [0.29, 0.717) is 16.7 Å². The van der Waals surface area contributed by atoms with Gasteiger partial charge < -0.3 is 14.8 Å². The minimum atomic E-state index is 0.0250. The van der Waals surface area contributed by atoms with Crippen LogP contribution in [0.2, 0.25) is 0 Å². The summed E-state index contributed by atoms with van der Waals surface area (Å²) < 4.78 is 2.00. The summed E-state index contributed by atoms with van der Waals surface area (Å²) in [6.07, 6.45) is 2.21. The second-order valence-corrected chi connectivity index (χ2v) is 7.36. The Morgan fingerprint density at radius 1 is 1.07 bits per heavy atom. The Labute approximate surface area is 158 Å². The molecule has 1 aliphatic heterocycles. The van der Waals surface area contributed by atoms with E-state index in [1.807, 2.05) is 65.0 Å². The first-order valence-corrected chi connectivity index (χ1v) is 9.61. The summed E-state index contributed by atoms with van der Waals surface area (Å²) in [6, 6.07) is 15.1. The third-order valence-corrected chi connectivity index (χ3v) is 5.54. The number of pyridine rings is 1. The molecule has 0 spiro atoms. The van der Waals surface area contributed by atoms with Crippen molar-refractivity contribution >= 4 is 27.7 Å². The van der Waals surface area contributed by atoms with Gasteiger partial charge in [0.05, 0.1) is 11.0 Å². The summed E-state index contributed by atoms with van der Waals surface area (Å²) in [6.45, 7) is 2.81. The van der Waals surface area contributed by atoms with Gasteiger partial charge in [-0.2, -0.15) is 0 Å². The Hall–Kier alpha value is -2.66. The van der Waals surface area contributed by atoms with Gasteiger partial charge in [-0.15, -0.1) is 0 Å². The van der Waals surface area contributed by atoms with Gasteiger partial charge in [-0.1, -0.05) is 24.3 Å². The van der Waals surface area contributed by atoms with Crippen LogP contribution in [0.15, 0.2) is 53.3 Å². The van der Waals surface area contributed by atoms with Gasteiger partial charge in [-0.25, -0.2) is 0 Å². The Morgan fingerprint density at radius 3 is 2.33 bits per heavy atom. The molecular weight excluding hydrogens is 338 g/mol. The average Bonchev–Trinajstić information content (AvgIpc) is 2.71. The van der Waals surface area contributed by atoms with Gasteiger partial charge in [0, 0.05) is 23.9 Å². The summed E-state index contributed by atoms with van der Waals surface area (Å²) in [5.41, 5.74) is 1.66. The number of aromatic nitrogens is 1. The number of fused-ring (bicyclic) bond motifs is 2. The van der Waals surface area contributed by atoms with Crippen LogP contribution in [0.5, 0.6) is 0 Å². The molecule has 1 aromatic heterocycles. The highest BCUT2D eigenvalue weighted by Gasteiger charge is 2.24. The third-order valence-electron chi connectivity index (χ3n) is 5.54. The SMILES string of the molecule is CNCC1CCCN(C(=O)Cn2c3ccccc3c(=O)c3ccccc32)C1. The van der Waals surface area contributed by atoms with Crippen molar-refractivity contribution in [1.29, 1.82) is 0 Å². The molecule has 5 heteroatoms. The number of carbonyl (C=O) groups is 1. The topological polar surface area (TPSA) is 54.3 Å². The Balaban J connectivity index is 1.73. The van der Waals surface area contributed by atoms with Gasteiger partial charge in [0.1, 0.15) is 6.54 Å². The van der Waals surface area contributed by atoms with E-state index in [1.165, 1.54) is 0 Å². The molecule has 1 aliphatic rings. The van der Waals surface area contributed by atoms with Crippen LogP contribution in [0.4, 0.5) is 0 Å². The molecule has 4 rings (SSSR count). The molecular formula is C22H25N3O2. The molecule has 0 saturated carbocycles. The lowest BCUT2D eigenvalue weighted by molar-refractivity contribution is -0.133. The van der Waals surface area contributed by atoms with Crippen LogP contribution in [0, 0.1) is 5.92 Å². The second kappa shape index (κ2) is 7.53. The van der Waals surface area contributed by atoms with Crippen molar-refractivity contribution in [3.05, 3.63) is 58.8 Å². The van der Waals surface area contributed by atoms with E-state index in [0.717, 1.165) is 43.5 Å². The number of amides is 1. The molecule has 1 fully saturated rings. The van der Waals surface area contributed by atoms with Gasteiger partial charge in [-0.05, 0) is 56.6 Å². The lowest BCUT2D eigenvalue weighted by Crippen LogP contribution is -2.43. The number of likely N-dealkylation sites (tertiary alicyclic amines) is 1. The molecule has 1 N–H and O–H groups in total. The molecule has 2 aromatic carbocycles. The predicted molar refractivity (Wildman–Crippen MR) is 109 cm³/mol. The Bertz CT molecular complexity index is 979. The maximum Gasteiger partial charge on any atom is 0.242 e. The molecule has 2 heterocycles. The number of rotatable bonds is 4. The number of para-hydroxylation sites is 2. The van der Waals surface area contributed by atoms with E-state index in [4.69, 9.17) is 0 Å². The van der Waals surface area contributed by atoms with Crippen LogP contribution in [0.25, 0.3) is 21.8 Å². The maximum absolute atomic E-state index is 13.1. The molecule has 27 heavy (non-hydrogen) atoms. The number of nitrogens with zero attached hydrogens (tertiary/aromatic N) is 2. The van der Waals surface area contributed by atoms with Crippen molar-refractivity contribution in [2.24, 2.45) is 5.92 Å². The number of piperidine rings is 1. The monoisotopic (exact) mass is 363 g/mol. The van der Waals surface area contributed by atoms with Gasteiger partial charge in [0.25, 0.3) is 0 Å². The highest BCUT2D eigenvalue weighted by Crippen LogP contribution is 2.21. The lowest BCUT2D eigenvalue weighted by Gasteiger charge is -2.33. The van der Waals surface area contributed by atoms with Crippen molar-refractivity contribution in [3.63, 3.8) is 0 Å². The lowest BCUT2D eigenvalue weighted by atomic mass is 9.98. The fraction of sp³-hybridized carbons (Fsp3) is 0.364. The van der Waals surface area contributed by atoms with Crippen LogP contribution >= 0.6 is 0 Å². The zero-order valence-electron chi connectivity index (χ0n) is 15.6. The molecule has 1 unspecified atom stereocenters. The summed E-state index contributed by atoms with van der Waals surface area (Å²) in [5, 5.41) is 4.55. The number of benzene rings is 2. The van der Waals surface area contributed by atoms with Gasteiger partial charge in [-0.3, -0.25) is 9.59 Å². The zero-order chi connectivity index (χ0) is 18.8. The molecule has 1 amide bonds. The summed E-state index contributed by atoms with van der Waals surface area (Å²) in [4.78, 5) is 27.9. The molecule has 0 bridgehead atoms. The van der Waals surface area contributed by atoms with E-state index < -0.39 is 0 Å². The second-order valence-electron chi connectivity index (χ2n) is 7.36. The van der Waals surface area contributed by atoms with Crippen LogP contribution in [-0.2, 0) is 11.3 Å². The standard InChI is InChI=1S/C22H25N3O2/c1-23-13-16-7-6-12-24(14-16)21(26)15-25-19-10-4-2-8-17(19)22(27)18-9-3-5-11-20(18)25/h2-5,8-11,16,23H,6-7,12-15H2,1H3. The first-order chi connectivity index (χ1) is 13.2. The van der Waals surface area contributed by atoms with E-state index in [1.54, 1.807) is 0 Å². The highest BCUT2D eigenvalue weighted by atomic mass is 16.2. The van der Waals surface area contributed by atoms with E-state index in [9.17, 15) is 9.59 Å². The molecule has 140 valence electrons. The molecule has 3 aromatic rings. The van der Waals surface area contributed by atoms with Crippen LogP contribution in [-0.4, -0.2) is 42.1 Å². The smallest absolute Gasteiger partial charge is 0.242 e. The maximum atomic E-state index is 13.1. The summed E-state index contributed by atoms with van der Waals surface area (Å²) >= 11 is 0. The molecule has 1 saturated heterocycles. The van der Waals surface area contributed by atoms with E-state index in [2.05, 4.69) is 5.32 Å². The largest absolute Gasteiger partial charge is 0.341 e. The molecule has 5 nitrogen and oxygen atoms in total. The normalized spacial score (nSPS) is 17.5. The molecule has 1 atom stereocenters. The van der Waals surface area contributed by atoms with Gasteiger partial charge in [0.2, 0.25) is 5.91 Å². The number of carbonyl (C=O) groups excluding carboxylic acids is 1. The summed E-state index contributed by atoms with van der Waals surface area (Å²) in [7, 11) is 1.96. The van der Waals surface area contributed by atoms with Crippen LogP contribution in [0.3, 0.4) is 0 Å². The summed E-state index contributed by atoms with van der Waals surface area (Å²) in [5.74, 6) is 0.630. The zero-order valence-corrected chi connectivity index (χ0v) is 15.6. The van der Waals surface area contributed by atoms with E-state index in [-0.39, 0.29) is 17.9 Å². The van der Waals surface area contributed by atoms with Gasteiger partial charge >= 0.3 is 0 Å². The fourth-order valence-electron chi connectivity index (χ4n) is 4.23. The van der Waals surface area contributed by atoms with Crippen molar-refractivity contribution in [2.75, 3.05) is 26.7 Å². The van der Waals surface area contributed by atoms with Gasteiger partial charge in [0.15, 0.2) is 5.43 Å². The Morgan fingerprint density at radius 2 is 1.70 bits per heavy atom. The molecule has 0 aliphatic carbocycles. The quantitative estimate of drug-likeness (QED) is 0.725. The first-order valence-electron chi connectivity index (χ1n) is 9.61. The number of hydrogen-bond donors (Lipinski definition) is 1. The first kappa shape index (κ1) is 17.7. The van der Waals surface area contributed by atoms with Crippen LogP contribution in [0.1, 0.15) is 12.8 Å². The fourth-order valence-corrected chi connectivity index (χ4v) is 4.23. The highest BCUT2D eigenvalue weighted by molar-refractivity contribution is 5.94. The number of nitrogens with one attached hydrogen (secondary N) is 1. The molecule has 0 radical (unpaired) electrons. The average molecular weight is 363 g/mol. The predicted octanol–water partition coefficient (Wildman–Crippen LogP) is 2.61. The van der Waals surface area contributed by atoms with Crippen molar-refractivity contribution in [1.82, 2.24) is 14.8 Å². The minimum Gasteiger partial charge on any atom is -0.341 e. The van der Waals surface area contributed by atoms with Crippen molar-refractivity contribution in [3.8, 4) is 0 Å². The number of hydrogen-bond acceptors (Lipinski definition) is 3. The van der Waals surface area contributed by atoms with E-state index >= 15 is 0 Å². The Kier molecular flexibility index (Phi) is 4.94. The minimum absolute atomic E-state index is 0.0250. The third kappa shape index (κ3) is 3.35.